The molecule has 2 aromatic rings. The molecule has 0 radical (unpaired) electrons. The zero-order chi connectivity index (χ0) is 19.1. The quantitative estimate of drug-likeness (QED) is 0.523. The molecule has 9 nitrogen and oxygen atoms in total. The molecule has 2 rings (SSSR count). The highest BCUT2D eigenvalue weighted by atomic mass is 16.2. The number of anilines is 2. The van der Waals surface area contributed by atoms with E-state index in [9.17, 15) is 19.2 Å². The fraction of sp³-hybridized carbons (Fsp3) is 0.176. The van der Waals surface area contributed by atoms with Gasteiger partial charge in [-0.1, -0.05) is 6.07 Å². The second-order valence-corrected chi connectivity index (χ2v) is 5.51. The maximum Gasteiger partial charge on any atom is 0.319 e. The summed E-state index contributed by atoms with van der Waals surface area (Å²) in [6, 6.07) is 5.91. The molecular formula is C17H19N5O4. The monoisotopic (exact) mass is 357 g/mol. The molecule has 0 aliphatic rings. The molecule has 4 amide bonds. The van der Waals surface area contributed by atoms with Crippen LogP contribution < -0.4 is 27.1 Å². The molecule has 0 bridgehead atoms. The van der Waals surface area contributed by atoms with Crippen molar-refractivity contribution in [3.05, 3.63) is 58.0 Å². The summed E-state index contributed by atoms with van der Waals surface area (Å²) < 4.78 is 0. The number of rotatable bonds is 6. The number of urea groups is 1. The lowest BCUT2D eigenvalue weighted by molar-refractivity contribution is -0.117. The summed E-state index contributed by atoms with van der Waals surface area (Å²) in [5.41, 5.74) is 5.89. The Bertz CT molecular complexity index is 891. The SMILES string of the molecule is Cc1c[nH]cc(C(=O)Nc2cccc(NC(=O)NCCC(N)=O)c2)c1=O. The van der Waals surface area contributed by atoms with Gasteiger partial charge in [0.15, 0.2) is 5.43 Å². The van der Waals surface area contributed by atoms with E-state index in [0.29, 0.717) is 16.9 Å². The summed E-state index contributed by atoms with van der Waals surface area (Å²) in [6.07, 6.45) is 2.88. The van der Waals surface area contributed by atoms with E-state index in [4.69, 9.17) is 5.73 Å². The third kappa shape index (κ3) is 5.20. The summed E-state index contributed by atoms with van der Waals surface area (Å²) >= 11 is 0. The number of primary amides is 1. The first-order valence-corrected chi connectivity index (χ1v) is 7.79. The molecule has 1 aromatic heterocycles. The van der Waals surface area contributed by atoms with E-state index in [2.05, 4.69) is 20.9 Å². The van der Waals surface area contributed by atoms with Gasteiger partial charge in [-0.2, -0.15) is 0 Å². The van der Waals surface area contributed by atoms with Gasteiger partial charge in [-0.15, -0.1) is 0 Å². The number of carbonyl (C=O) groups excluding carboxylic acids is 3. The van der Waals surface area contributed by atoms with Crippen LogP contribution in [0.4, 0.5) is 16.2 Å². The standard InChI is InChI=1S/C17H19N5O4/c1-10-8-19-9-13(15(10)24)16(25)21-11-3-2-4-12(7-11)22-17(26)20-6-5-14(18)23/h2-4,7-9H,5-6H2,1H3,(H2,18,23)(H,19,24)(H,21,25)(H2,20,22,26). The van der Waals surface area contributed by atoms with Gasteiger partial charge in [-0.05, 0) is 25.1 Å². The van der Waals surface area contributed by atoms with Crippen LogP contribution in [0.15, 0.2) is 41.5 Å². The molecule has 0 fully saturated rings. The lowest BCUT2D eigenvalue weighted by Crippen LogP contribution is -2.31. The first-order valence-electron chi connectivity index (χ1n) is 7.79. The molecular weight excluding hydrogens is 338 g/mol. The van der Waals surface area contributed by atoms with E-state index in [1.165, 1.54) is 18.5 Å². The highest BCUT2D eigenvalue weighted by molar-refractivity contribution is 6.04. The van der Waals surface area contributed by atoms with Crippen molar-refractivity contribution < 1.29 is 14.4 Å². The van der Waals surface area contributed by atoms with Gasteiger partial charge in [0.2, 0.25) is 5.91 Å². The molecule has 9 heteroatoms. The lowest BCUT2D eigenvalue weighted by atomic mass is 10.2. The highest BCUT2D eigenvalue weighted by Crippen LogP contribution is 2.15. The average Bonchev–Trinajstić information content (AvgIpc) is 2.57. The van der Waals surface area contributed by atoms with Crippen molar-refractivity contribution in [1.29, 1.82) is 0 Å². The minimum Gasteiger partial charge on any atom is -0.370 e. The van der Waals surface area contributed by atoms with Gasteiger partial charge in [-0.3, -0.25) is 14.4 Å². The number of benzene rings is 1. The van der Waals surface area contributed by atoms with Crippen molar-refractivity contribution in [1.82, 2.24) is 10.3 Å². The van der Waals surface area contributed by atoms with Crippen molar-refractivity contribution in [2.24, 2.45) is 5.73 Å². The van der Waals surface area contributed by atoms with Crippen molar-refractivity contribution in [3.8, 4) is 0 Å². The molecule has 1 heterocycles. The number of carbonyl (C=O) groups is 3. The number of nitrogens with one attached hydrogen (secondary N) is 4. The van der Waals surface area contributed by atoms with Gasteiger partial charge < -0.3 is 26.7 Å². The summed E-state index contributed by atoms with van der Waals surface area (Å²) in [5.74, 6) is -1.07. The van der Waals surface area contributed by atoms with Gasteiger partial charge in [0.25, 0.3) is 5.91 Å². The minimum absolute atomic E-state index is 0.00689. The number of pyridine rings is 1. The Labute approximate surface area is 149 Å². The van der Waals surface area contributed by atoms with Crippen LogP contribution in [-0.2, 0) is 4.79 Å². The first kappa shape index (κ1) is 18.7. The van der Waals surface area contributed by atoms with E-state index in [0.717, 1.165) is 0 Å². The summed E-state index contributed by atoms with van der Waals surface area (Å²) in [5, 5.41) is 7.65. The summed E-state index contributed by atoms with van der Waals surface area (Å²) in [7, 11) is 0. The molecule has 26 heavy (non-hydrogen) atoms. The molecule has 136 valence electrons. The van der Waals surface area contributed by atoms with E-state index in [1.807, 2.05) is 0 Å². The van der Waals surface area contributed by atoms with Crippen LogP contribution in [0, 0.1) is 6.92 Å². The van der Waals surface area contributed by atoms with Crippen LogP contribution in [0.3, 0.4) is 0 Å². The number of nitrogens with two attached hydrogens (primary N) is 1. The molecule has 0 atom stereocenters. The van der Waals surface area contributed by atoms with Gasteiger partial charge in [0, 0.05) is 42.3 Å². The maximum absolute atomic E-state index is 12.3. The fourth-order valence-corrected chi connectivity index (χ4v) is 2.11. The number of H-pyrrole nitrogens is 1. The fourth-order valence-electron chi connectivity index (χ4n) is 2.11. The number of hydrogen-bond acceptors (Lipinski definition) is 4. The van der Waals surface area contributed by atoms with Crippen molar-refractivity contribution >= 4 is 29.2 Å². The number of aryl methyl sites for hydroxylation is 1. The number of aromatic amines is 1. The molecule has 1 aromatic carbocycles. The molecule has 0 spiro atoms. The van der Waals surface area contributed by atoms with Gasteiger partial charge in [-0.25, -0.2) is 4.79 Å². The second kappa shape index (κ2) is 8.47. The number of hydrogen-bond donors (Lipinski definition) is 5. The average molecular weight is 357 g/mol. The third-order valence-corrected chi connectivity index (χ3v) is 3.41. The molecule has 6 N–H and O–H groups in total. The van der Waals surface area contributed by atoms with Gasteiger partial charge in [0.1, 0.15) is 5.56 Å². The predicted molar refractivity (Wildman–Crippen MR) is 97.0 cm³/mol. The van der Waals surface area contributed by atoms with Crippen LogP contribution in [0.1, 0.15) is 22.3 Å². The summed E-state index contributed by atoms with van der Waals surface area (Å²) in [4.78, 5) is 49.3. The Morgan fingerprint density at radius 1 is 1.12 bits per heavy atom. The minimum atomic E-state index is -0.557. The zero-order valence-electron chi connectivity index (χ0n) is 14.1. The van der Waals surface area contributed by atoms with Crippen LogP contribution in [0.25, 0.3) is 0 Å². The van der Waals surface area contributed by atoms with Crippen LogP contribution in [0.2, 0.25) is 0 Å². The Morgan fingerprint density at radius 2 is 1.81 bits per heavy atom. The Kier molecular flexibility index (Phi) is 6.10. The smallest absolute Gasteiger partial charge is 0.319 e. The van der Waals surface area contributed by atoms with Crippen molar-refractivity contribution in [2.75, 3.05) is 17.2 Å². The topological polar surface area (TPSA) is 146 Å². The number of amides is 4. The highest BCUT2D eigenvalue weighted by Gasteiger charge is 2.12. The Balaban J connectivity index is 2.01. The molecule has 0 saturated heterocycles. The summed E-state index contributed by atoms with van der Waals surface area (Å²) in [6.45, 7) is 1.73. The third-order valence-electron chi connectivity index (χ3n) is 3.41. The predicted octanol–water partition coefficient (Wildman–Crippen LogP) is 0.933. The van der Waals surface area contributed by atoms with Crippen LogP contribution >= 0.6 is 0 Å². The van der Waals surface area contributed by atoms with Gasteiger partial charge in [0.05, 0.1) is 0 Å². The second-order valence-electron chi connectivity index (χ2n) is 5.51. The van der Waals surface area contributed by atoms with Crippen LogP contribution in [-0.4, -0.2) is 29.4 Å². The largest absolute Gasteiger partial charge is 0.370 e. The molecule has 0 saturated carbocycles. The van der Waals surface area contributed by atoms with E-state index in [-0.39, 0.29) is 24.0 Å². The molecule has 0 aliphatic carbocycles. The van der Waals surface area contributed by atoms with Crippen molar-refractivity contribution in [2.45, 2.75) is 13.3 Å². The first-order chi connectivity index (χ1) is 12.4. The number of aromatic nitrogens is 1. The van der Waals surface area contributed by atoms with E-state index in [1.54, 1.807) is 25.1 Å². The normalized spacial score (nSPS) is 10.0. The Hall–Kier alpha value is -3.62. The van der Waals surface area contributed by atoms with Crippen molar-refractivity contribution in [3.63, 3.8) is 0 Å². The van der Waals surface area contributed by atoms with E-state index < -0.39 is 17.8 Å². The lowest BCUT2D eigenvalue weighted by Gasteiger charge is -2.09. The molecule has 0 aliphatic heterocycles. The zero-order valence-corrected chi connectivity index (χ0v) is 14.1. The maximum atomic E-state index is 12.3. The Morgan fingerprint density at radius 3 is 2.50 bits per heavy atom. The van der Waals surface area contributed by atoms with Gasteiger partial charge >= 0.3 is 6.03 Å². The van der Waals surface area contributed by atoms with Crippen LogP contribution in [0.5, 0.6) is 0 Å². The molecule has 0 unspecified atom stereocenters. The van der Waals surface area contributed by atoms with E-state index >= 15 is 0 Å².